The summed E-state index contributed by atoms with van der Waals surface area (Å²) in [5.41, 5.74) is 6.67. The van der Waals surface area contributed by atoms with Crippen LogP contribution < -0.4 is 5.32 Å². The van der Waals surface area contributed by atoms with Gasteiger partial charge in [-0.15, -0.1) is 0 Å². The second kappa shape index (κ2) is 8.31. The van der Waals surface area contributed by atoms with Crippen molar-refractivity contribution in [2.45, 2.75) is 69.1 Å². The number of H-pyrrole nitrogens is 1. The minimum atomic E-state index is -0.225. The number of nitrogens with zero attached hydrogens (tertiary/aromatic N) is 3. The van der Waals surface area contributed by atoms with E-state index in [1.165, 1.54) is 41.4 Å². The maximum absolute atomic E-state index is 12.5. The molecule has 6 heteroatoms. The van der Waals surface area contributed by atoms with Crippen molar-refractivity contribution in [1.82, 2.24) is 19.8 Å². The van der Waals surface area contributed by atoms with Crippen LogP contribution in [-0.2, 0) is 6.42 Å². The van der Waals surface area contributed by atoms with Crippen LogP contribution in [0.4, 0.5) is 10.1 Å². The maximum atomic E-state index is 12.5. The van der Waals surface area contributed by atoms with E-state index in [2.05, 4.69) is 63.4 Å². The summed E-state index contributed by atoms with van der Waals surface area (Å²) in [6, 6.07) is 14.3. The van der Waals surface area contributed by atoms with Gasteiger partial charge in [-0.3, -0.25) is 14.3 Å². The molecule has 2 N–H and O–H groups in total. The number of fused-ring (bicyclic) bond motifs is 3. The molecule has 3 saturated carbocycles. The van der Waals surface area contributed by atoms with Gasteiger partial charge < -0.3 is 15.2 Å². The average Bonchev–Trinajstić information content (AvgIpc) is 3.41. The number of aromatic nitrogens is 2. The first kappa shape index (κ1) is 21.8. The van der Waals surface area contributed by atoms with Crippen LogP contribution in [0.15, 0.2) is 42.6 Å². The summed E-state index contributed by atoms with van der Waals surface area (Å²) in [5.74, 6) is 0.947. The number of halogens is 1. The fourth-order valence-corrected chi connectivity index (χ4v) is 7.57. The number of benzene rings is 1. The van der Waals surface area contributed by atoms with Gasteiger partial charge in [0, 0.05) is 53.9 Å². The summed E-state index contributed by atoms with van der Waals surface area (Å²) in [7, 11) is 0. The molecule has 3 aromatic rings. The van der Waals surface area contributed by atoms with Crippen molar-refractivity contribution in [2.24, 2.45) is 5.92 Å². The number of hydrogen-bond acceptors (Lipinski definition) is 4. The van der Waals surface area contributed by atoms with Crippen LogP contribution >= 0.6 is 0 Å². The van der Waals surface area contributed by atoms with Crippen molar-refractivity contribution in [1.29, 1.82) is 0 Å². The number of pyridine rings is 1. The second-order valence-electron chi connectivity index (χ2n) is 11.6. The monoisotopic (exact) mass is 473 g/mol. The average molecular weight is 474 g/mol. The Morgan fingerprint density at radius 1 is 1.17 bits per heavy atom. The Bertz CT molecular complexity index is 1200. The molecule has 35 heavy (non-hydrogen) atoms. The molecule has 2 aromatic heterocycles. The predicted octanol–water partition coefficient (Wildman–Crippen LogP) is 5.30. The number of hydrogen-bond donors (Lipinski definition) is 2. The third-order valence-electron chi connectivity index (χ3n) is 9.24. The standard InChI is InChI=1S/C29H36FN5/c1-19-13-24-23-5-2-3-6-25(23)33-27(24)28(35(19)29-14-20(15-29)16-29)26-8-7-21(17-31-26)32-22-9-12-34(18-22)11-4-10-30/h2-3,5-8,17,19-20,22,28,32-33H,4,9-16,18H2,1H3/t19-,20?,22+,28-,29?/m1/s1. The normalized spacial score (nSPS) is 32.3. The fraction of sp³-hybridized carbons (Fsp3) is 0.552. The van der Waals surface area contributed by atoms with Gasteiger partial charge in [-0.25, -0.2) is 0 Å². The minimum Gasteiger partial charge on any atom is -0.380 e. The predicted molar refractivity (Wildman–Crippen MR) is 139 cm³/mol. The van der Waals surface area contributed by atoms with E-state index in [1.807, 2.05) is 6.20 Å². The lowest BCUT2D eigenvalue weighted by molar-refractivity contribution is -0.174. The Balaban J connectivity index is 1.18. The highest BCUT2D eigenvalue weighted by Gasteiger charge is 2.63. The molecule has 1 aromatic carbocycles. The lowest BCUT2D eigenvalue weighted by Crippen LogP contribution is -2.71. The molecule has 4 heterocycles. The summed E-state index contributed by atoms with van der Waals surface area (Å²) in [4.78, 5) is 14.1. The summed E-state index contributed by atoms with van der Waals surface area (Å²) in [5, 5.41) is 5.05. The third-order valence-corrected chi connectivity index (χ3v) is 9.24. The maximum Gasteiger partial charge on any atom is 0.0937 e. The molecular weight excluding hydrogens is 437 g/mol. The summed E-state index contributed by atoms with van der Waals surface area (Å²) >= 11 is 0. The van der Waals surface area contributed by atoms with Gasteiger partial charge in [0.1, 0.15) is 0 Å². The number of alkyl halides is 1. The Morgan fingerprint density at radius 3 is 2.77 bits per heavy atom. The molecule has 8 rings (SSSR count). The molecule has 1 saturated heterocycles. The van der Waals surface area contributed by atoms with Gasteiger partial charge in [-0.1, -0.05) is 18.2 Å². The van der Waals surface area contributed by atoms with Crippen LogP contribution in [0.2, 0.25) is 0 Å². The van der Waals surface area contributed by atoms with E-state index in [1.54, 1.807) is 0 Å². The molecule has 2 bridgehead atoms. The molecule has 4 fully saturated rings. The largest absolute Gasteiger partial charge is 0.380 e. The highest BCUT2D eigenvalue weighted by atomic mass is 19.1. The van der Waals surface area contributed by atoms with E-state index >= 15 is 0 Å². The number of para-hydroxylation sites is 1. The number of anilines is 1. The van der Waals surface area contributed by atoms with Gasteiger partial charge in [0.25, 0.3) is 0 Å². The number of likely N-dealkylation sites (tertiary alicyclic amines) is 1. The highest BCUT2D eigenvalue weighted by molar-refractivity contribution is 5.85. The zero-order chi connectivity index (χ0) is 23.6. The SMILES string of the molecule is C[C@@H]1Cc2c([nH]c3ccccc23)[C@@H](c2ccc(N[C@H]3CCN(CCCF)C3)cn2)N1C12CC(C1)C2. The zero-order valence-electron chi connectivity index (χ0n) is 20.6. The van der Waals surface area contributed by atoms with Crippen LogP contribution in [0.1, 0.15) is 62.0 Å². The van der Waals surface area contributed by atoms with Gasteiger partial charge in [-0.2, -0.15) is 0 Å². The van der Waals surface area contributed by atoms with E-state index in [9.17, 15) is 4.39 Å². The number of rotatable bonds is 7. The molecule has 5 aliphatic rings. The van der Waals surface area contributed by atoms with Gasteiger partial charge >= 0.3 is 0 Å². The van der Waals surface area contributed by atoms with Crippen molar-refractivity contribution in [2.75, 3.05) is 31.6 Å². The minimum absolute atomic E-state index is 0.180. The van der Waals surface area contributed by atoms with Crippen molar-refractivity contribution in [3.05, 3.63) is 59.5 Å². The molecule has 3 aliphatic carbocycles. The lowest BCUT2D eigenvalue weighted by Gasteiger charge is -2.69. The molecule has 0 radical (unpaired) electrons. The summed E-state index contributed by atoms with van der Waals surface area (Å²) in [6.07, 6.45) is 8.92. The first-order valence-electron chi connectivity index (χ1n) is 13.5. The van der Waals surface area contributed by atoms with E-state index in [-0.39, 0.29) is 12.7 Å². The fourth-order valence-electron chi connectivity index (χ4n) is 7.57. The Hall–Kier alpha value is -2.44. The van der Waals surface area contributed by atoms with Gasteiger partial charge in [0.2, 0.25) is 0 Å². The molecule has 5 nitrogen and oxygen atoms in total. The van der Waals surface area contributed by atoms with E-state index < -0.39 is 0 Å². The van der Waals surface area contributed by atoms with Gasteiger partial charge in [0.05, 0.1) is 30.3 Å². The van der Waals surface area contributed by atoms with Crippen LogP contribution in [0.3, 0.4) is 0 Å². The summed E-state index contributed by atoms with van der Waals surface area (Å²) in [6.45, 7) is 5.08. The van der Waals surface area contributed by atoms with Crippen molar-refractivity contribution in [3.63, 3.8) is 0 Å². The summed E-state index contributed by atoms with van der Waals surface area (Å²) < 4.78 is 12.5. The van der Waals surface area contributed by atoms with Crippen LogP contribution in [0.5, 0.6) is 0 Å². The molecular formula is C29H36FN5. The molecule has 2 aliphatic heterocycles. The second-order valence-corrected chi connectivity index (χ2v) is 11.6. The van der Waals surface area contributed by atoms with Gasteiger partial charge in [0.15, 0.2) is 0 Å². The highest BCUT2D eigenvalue weighted by Crippen LogP contribution is 2.64. The topological polar surface area (TPSA) is 47.2 Å². The number of nitrogens with one attached hydrogen (secondary N) is 2. The Labute approximate surface area is 207 Å². The Kier molecular flexibility index (Phi) is 5.18. The van der Waals surface area contributed by atoms with Crippen molar-refractivity contribution >= 4 is 16.6 Å². The molecule has 0 unspecified atom stereocenters. The molecule has 0 spiro atoms. The smallest absolute Gasteiger partial charge is 0.0937 e. The Morgan fingerprint density at radius 2 is 2.03 bits per heavy atom. The molecule has 184 valence electrons. The van der Waals surface area contributed by atoms with Crippen LogP contribution in [0, 0.1) is 5.92 Å². The van der Waals surface area contributed by atoms with Crippen LogP contribution in [0.25, 0.3) is 10.9 Å². The van der Waals surface area contributed by atoms with E-state index in [4.69, 9.17) is 4.98 Å². The zero-order valence-corrected chi connectivity index (χ0v) is 20.6. The lowest BCUT2D eigenvalue weighted by atomic mass is 9.48. The van der Waals surface area contributed by atoms with Crippen LogP contribution in [-0.4, -0.2) is 63.7 Å². The third kappa shape index (κ3) is 3.52. The molecule has 3 atom stereocenters. The first-order valence-corrected chi connectivity index (χ1v) is 13.5. The van der Waals surface area contributed by atoms with Crippen molar-refractivity contribution < 1.29 is 4.39 Å². The van der Waals surface area contributed by atoms with Crippen molar-refractivity contribution in [3.8, 4) is 0 Å². The number of aromatic amines is 1. The van der Waals surface area contributed by atoms with E-state index in [0.717, 1.165) is 49.8 Å². The van der Waals surface area contributed by atoms with E-state index in [0.29, 0.717) is 24.0 Å². The van der Waals surface area contributed by atoms with Gasteiger partial charge in [-0.05, 0) is 75.1 Å². The molecule has 0 amide bonds. The first-order chi connectivity index (χ1) is 17.1. The quantitative estimate of drug-likeness (QED) is 0.489.